The second-order valence-electron chi connectivity index (χ2n) is 10.0. The fourth-order valence-electron chi connectivity index (χ4n) is 5.04. The summed E-state index contributed by atoms with van der Waals surface area (Å²) in [7, 11) is 1.73. The third-order valence-corrected chi connectivity index (χ3v) is 7.09. The molecule has 1 saturated carbocycles. The van der Waals surface area contributed by atoms with Crippen molar-refractivity contribution in [3.63, 3.8) is 0 Å². The lowest BCUT2D eigenvalue weighted by molar-refractivity contribution is -0.0543. The number of hydrogen-bond donors (Lipinski definition) is 4. The highest BCUT2D eigenvalue weighted by Crippen LogP contribution is 2.29. The normalized spacial score (nSPS) is 23.0. The zero-order chi connectivity index (χ0) is 24.7. The van der Waals surface area contributed by atoms with Gasteiger partial charge in [-0.2, -0.15) is 0 Å². The van der Waals surface area contributed by atoms with Gasteiger partial charge in [0.25, 0.3) is 0 Å². The van der Waals surface area contributed by atoms with Crippen molar-refractivity contribution in [3.8, 4) is 11.1 Å². The molecule has 0 unspecified atom stereocenters. The molecule has 4 N–H and O–H groups in total. The Bertz CT molecular complexity index is 946. The SMILES string of the molecule is COC[C@H](C)NC1CCC(Nc2cc(-c3cccc(NCC4(O)CCOCC4)c3)c(F)cn2)CC1. The van der Waals surface area contributed by atoms with Crippen LogP contribution in [0.1, 0.15) is 45.4 Å². The standard InChI is InChI=1S/C27H39FN4O3/c1-19(17-34-2)31-21-6-8-22(9-7-21)32-26-15-24(25(28)16-29-26)20-4-3-5-23(14-20)30-18-27(33)10-12-35-13-11-27/h3-5,14-16,19,21-22,30-31,33H,6-13,17-18H2,1-2H3,(H,29,32)/t19-,21?,22?/m0/s1. The van der Waals surface area contributed by atoms with Gasteiger partial charge in [-0.3, -0.25) is 0 Å². The molecule has 0 amide bonds. The van der Waals surface area contributed by atoms with Crippen LogP contribution >= 0.6 is 0 Å². The van der Waals surface area contributed by atoms with E-state index in [4.69, 9.17) is 9.47 Å². The topological polar surface area (TPSA) is 87.7 Å². The zero-order valence-electron chi connectivity index (χ0n) is 20.9. The molecule has 2 aliphatic rings. The van der Waals surface area contributed by atoms with Crippen LogP contribution in [0.5, 0.6) is 0 Å². The molecule has 1 atom stereocenters. The maximum absolute atomic E-state index is 14.8. The number of halogens is 1. The molecule has 1 aromatic heterocycles. The molecule has 0 spiro atoms. The van der Waals surface area contributed by atoms with Gasteiger partial charge in [-0.15, -0.1) is 0 Å². The lowest BCUT2D eigenvalue weighted by Crippen LogP contribution is -2.42. The highest BCUT2D eigenvalue weighted by molar-refractivity contribution is 5.70. The number of ether oxygens (including phenoxy) is 2. The molecule has 2 aromatic rings. The average Bonchev–Trinajstić information content (AvgIpc) is 2.86. The van der Waals surface area contributed by atoms with E-state index in [9.17, 15) is 9.50 Å². The summed E-state index contributed by atoms with van der Waals surface area (Å²) in [5.41, 5.74) is 1.36. The van der Waals surface area contributed by atoms with Crippen molar-refractivity contribution >= 4 is 11.5 Å². The first kappa shape index (κ1) is 25.8. The first-order valence-corrected chi connectivity index (χ1v) is 12.8. The summed E-state index contributed by atoms with van der Waals surface area (Å²) in [6, 6.07) is 10.6. The summed E-state index contributed by atoms with van der Waals surface area (Å²) in [5.74, 6) is 0.344. The van der Waals surface area contributed by atoms with E-state index in [0.717, 1.165) is 36.9 Å². The number of nitrogens with zero attached hydrogens (tertiary/aromatic N) is 1. The van der Waals surface area contributed by atoms with Crippen LogP contribution in [0.2, 0.25) is 0 Å². The molecule has 0 bridgehead atoms. The first-order valence-electron chi connectivity index (χ1n) is 12.8. The van der Waals surface area contributed by atoms with Crippen molar-refractivity contribution in [2.75, 3.05) is 44.1 Å². The van der Waals surface area contributed by atoms with Gasteiger partial charge >= 0.3 is 0 Å². The molecule has 0 radical (unpaired) electrons. The molecule has 1 saturated heterocycles. The number of anilines is 2. The smallest absolute Gasteiger partial charge is 0.149 e. The van der Waals surface area contributed by atoms with Gasteiger partial charge in [-0.05, 0) is 56.4 Å². The predicted molar refractivity (Wildman–Crippen MR) is 137 cm³/mol. The lowest BCUT2D eigenvalue weighted by Gasteiger charge is -2.32. The molecular weight excluding hydrogens is 447 g/mol. The number of aliphatic hydroxyl groups is 1. The molecule has 192 valence electrons. The van der Waals surface area contributed by atoms with Crippen LogP contribution in [0, 0.1) is 5.82 Å². The summed E-state index contributed by atoms with van der Waals surface area (Å²) in [5, 5.41) is 21.2. The number of benzene rings is 1. The van der Waals surface area contributed by atoms with E-state index in [2.05, 4.69) is 27.9 Å². The van der Waals surface area contributed by atoms with Crippen molar-refractivity contribution < 1.29 is 19.0 Å². The Hall–Kier alpha value is -2.26. The first-order chi connectivity index (χ1) is 16.9. The van der Waals surface area contributed by atoms with E-state index >= 15 is 0 Å². The Kier molecular flexibility index (Phi) is 8.94. The van der Waals surface area contributed by atoms with Gasteiger partial charge < -0.3 is 30.5 Å². The van der Waals surface area contributed by atoms with E-state index in [-0.39, 0.29) is 5.82 Å². The second kappa shape index (κ2) is 12.1. The summed E-state index contributed by atoms with van der Waals surface area (Å²) in [6.45, 7) is 4.44. The molecule has 35 heavy (non-hydrogen) atoms. The second-order valence-corrected chi connectivity index (χ2v) is 10.0. The van der Waals surface area contributed by atoms with Crippen molar-refractivity contribution in [1.82, 2.24) is 10.3 Å². The highest BCUT2D eigenvalue weighted by atomic mass is 19.1. The zero-order valence-corrected chi connectivity index (χ0v) is 20.9. The Morgan fingerprint density at radius 3 is 2.66 bits per heavy atom. The molecule has 2 heterocycles. The number of rotatable bonds is 10. The van der Waals surface area contributed by atoms with Crippen LogP contribution in [-0.4, -0.2) is 67.3 Å². The monoisotopic (exact) mass is 486 g/mol. The van der Waals surface area contributed by atoms with Gasteiger partial charge in [0.15, 0.2) is 0 Å². The number of methoxy groups -OCH3 is 1. The van der Waals surface area contributed by atoms with Crippen LogP contribution in [0.15, 0.2) is 36.5 Å². The Labute approximate surface area is 207 Å². The fourth-order valence-corrected chi connectivity index (χ4v) is 5.04. The van der Waals surface area contributed by atoms with Crippen molar-refractivity contribution in [1.29, 1.82) is 0 Å². The van der Waals surface area contributed by atoms with Crippen LogP contribution in [0.4, 0.5) is 15.9 Å². The number of aromatic nitrogens is 1. The third-order valence-electron chi connectivity index (χ3n) is 7.09. The van der Waals surface area contributed by atoms with Gasteiger partial charge in [0, 0.05) is 69.1 Å². The Morgan fingerprint density at radius 2 is 1.91 bits per heavy atom. The number of nitrogens with one attached hydrogen (secondary N) is 3. The maximum atomic E-state index is 14.8. The van der Waals surface area contributed by atoms with Crippen molar-refractivity contribution in [3.05, 3.63) is 42.3 Å². The molecule has 1 aliphatic carbocycles. The third kappa shape index (κ3) is 7.36. The van der Waals surface area contributed by atoms with Gasteiger partial charge in [-0.25, -0.2) is 9.37 Å². The Balaban J connectivity index is 1.36. The Morgan fingerprint density at radius 1 is 1.17 bits per heavy atom. The van der Waals surface area contributed by atoms with Gasteiger partial charge in [-0.1, -0.05) is 12.1 Å². The van der Waals surface area contributed by atoms with Crippen LogP contribution < -0.4 is 16.0 Å². The van der Waals surface area contributed by atoms with Crippen LogP contribution in [0.3, 0.4) is 0 Å². The molecular formula is C27H39FN4O3. The molecule has 1 aromatic carbocycles. The van der Waals surface area contributed by atoms with E-state index in [1.807, 2.05) is 24.3 Å². The quantitative estimate of drug-likeness (QED) is 0.401. The number of pyridine rings is 1. The van der Waals surface area contributed by atoms with E-state index in [1.165, 1.54) is 6.20 Å². The highest BCUT2D eigenvalue weighted by Gasteiger charge is 2.29. The summed E-state index contributed by atoms with van der Waals surface area (Å²) in [4.78, 5) is 4.30. The van der Waals surface area contributed by atoms with Crippen LogP contribution in [0.25, 0.3) is 11.1 Å². The fraction of sp³-hybridized carbons (Fsp3) is 0.593. The van der Waals surface area contributed by atoms with Gasteiger partial charge in [0.05, 0.1) is 18.4 Å². The minimum absolute atomic E-state index is 0.324. The van der Waals surface area contributed by atoms with Crippen LogP contribution in [-0.2, 0) is 9.47 Å². The molecule has 1 aliphatic heterocycles. The van der Waals surface area contributed by atoms with E-state index < -0.39 is 5.60 Å². The van der Waals surface area contributed by atoms with Gasteiger partial charge in [0.2, 0.25) is 0 Å². The molecule has 7 nitrogen and oxygen atoms in total. The predicted octanol–water partition coefficient (Wildman–Crippen LogP) is 4.19. The van der Waals surface area contributed by atoms with E-state index in [0.29, 0.717) is 68.7 Å². The number of hydrogen-bond acceptors (Lipinski definition) is 7. The molecule has 4 rings (SSSR count). The summed E-state index contributed by atoms with van der Waals surface area (Å²) < 4.78 is 25.3. The van der Waals surface area contributed by atoms with Crippen molar-refractivity contribution in [2.45, 2.75) is 69.2 Å². The van der Waals surface area contributed by atoms with Crippen molar-refractivity contribution in [2.24, 2.45) is 0 Å². The summed E-state index contributed by atoms with van der Waals surface area (Å²) >= 11 is 0. The van der Waals surface area contributed by atoms with E-state index in [1.54, 1.807) is 13.2 Å². The minimum Gasteiger partial charge on any atom is -0.388 e. The lowest BCUT2D eigenvalue weighted by atomic mass is 9.90. The molecule has 8 heteroatoms. The average molecular weight is 487 g/mol. The largest absolute Gasteiger partial charge is 0.388 e. The summed E-state index contributed by atoms with van der Waals surface area (Å²) in [6.07, 6.45) is 6.77. The molecule has 2 fully saturated rings. The minimum atomic E-state index is -0.774. The maximum Gasteiger partial charge on any atom is 0.149 e. The van der Waals surface area contributed by atoms with Gasteiger partial charge in [0.1, 0.15) is 11.6 Å².